The average Bonchev–Trinajstić information content (AvgIpc) is 2.74. The van der Waals surface area contributed by atoms with Crippen LogP contribution in [0.3, 0.4) is 0 Å². The maximum atomic E-state index is 12.4. The number of nitro groups is 1. The monoisotopic (exact) mass is 297 g/mol. The van der Waals surface area contributed by atoms with E-state index < -0.39 is 16.7 Å². The lowest BCUT2D eigenvalue weighted by atomic mass is 10.1. The van der Waals surface area contributed by atoms with Gasteiger partial charge in [0.05, 0.1) is 21.7 Å². The first-order valence-electron chi connectivity index (χ1n) is 6.44. The topological polar surface area (TPSA) is 107 Å². The van der Waals surface area contributed by atoms with Gasteiger partial charge in [-0.15, -0.1) is 0 Å². The molecule has 1 heterocycles. The van der Waals surface area contributed by atoms with Crippen LogP contribution in [0.25, 0.3) is 0 Å². The zero-order valence-electron chi connectivity index (χ0n) is 11.6. The average molecular weight is 297 g/mol. The second-order valence-corrected chi connectivity index (χ2v) is 4.93. The highest BCUT2D eigenvalue weighted by molar-refractivity contribution is 6.34. The van der Waals surface area contributed by atoms with Gasteiger partial charge in [0.15, 0.2) is 0 Å². The molecule has 0 unspecified atom stereocenters. The molecule has 2 aromatic rings. The van der Waals surface area contributed by atoms with E-state index in [0.717, 1.165) is 4.90 Å². The fraction of sp³-hybridized carbons (Fsp3) is 0.0667. The Morgan fingerprint density at radius 3 is 2.14 bits per heavy atom. The molecule has 2 amide bonds. The Bertz CT molecular complexity index is 810. The van der Waals surface area contributed by atoms with Crippen molar-refractivity contribution in [2.24, 2.45) is 0 Å². The summed E-state index contributed by atoms with van der Waals surface area (Å²) in [4.78, 5) is 36.2. The molecule has 0 fully saturated rings. The summed E-state index contributed by atoms with van der Waals surface area (Å²) in [6.07, 6.45) is 0. The highest BCUT2D eigenvalue weighted by atomic mass is 16.6. The quantitative estimate of drug-likeness (QED) is 0.396. The highest BCUT2D eigenvalue weighted by Gasteiger charge is 2.37. The Labute approximate surface area is 125 Å². The summed E-state index contributed by atoms with van der Waals surface area (Å²) in [5.41, 5.74) is 6.63. The fourth-order valence-electron chi connectivity index (χ4n) is 2.45. The van der Waals surface area contributed by atoms with Crippen molar-refractivity contribution in [1.29, 1.82) is 0 Å². The van der Waals surface area contributed by atoms with Gasteiger partial charge in [-0.25, -0.2) is 4.90 Å². The molecule has 0 saturated carbocycles. The van der Waals surface area contributed by atoms with Gasteiger partial charge in [0.25, 0.3) is 17.5 Å². The van der Waals surface area contributed by atoms with Gasteiger partial charge in [-0.1, -0.05) is 12.1 Å². The number of nitro benzene ring substituents is 1. The normalized spacial score (nSPS) is 13.4. The molecular weight excluding hydrogens is 286 g/mol. The van der Waals surface area contributed by atoms with Crippen molar-refractivity contribution in [3.8, 4) is 0 Å². The predicted octanol–water partition coefficient (Wildman–Crippen LogP) is 2.29. The number of hydrogen-bond donors (Lipinski definition) is 1. The van der Waals surface area contributed by atoms with E-state index in [1.807, 2.05) is 0 Å². The largest absolute Gasteiger partial charge is 0.398 e. The van der Waals surface area contributed by atoms with Crippen LogP contribution >= 0.6 is 0 Å². The van der Waals surface area contributed by atoms with E-state index in [1.54, 1.807) is 24.3 Å². The van der Waals surface area contributed by atoms with Gasteiger partial charge in [-0.3, -0.25) is 19.7 Å². The Morgan fingerprint density at radius 1 is 1.09 bits per heavy atom. The first-order chi connectivity index (χ1) is 10.4. The van der Waals surface area contributed by atoms with Gasteiger partial charge in [0.1, 0.15) is 0 Å². The van der Waals surface area contributed by atoms with E-state index in [0.29, 0.717) is 5.56 Å². The molecule has 0 aliphatic carbocycles. The van der Waals surface area contributed by atoms with Gasteiger partial charge in [0.2, 0.25) is 0 Å². The first-order valence-corrected chi connectivity index (χ1v) is 6.44. The molecule has 0 bridgehead atoms. The lowest BCUT2D eigenvalue weighted by molar-refractivity contribution is -0.385. The number of rotatable bonds is 2. The smallest absolute Gasteiger partial charge is 0.276 e. The number of nitrogens with two attached hydrogens (primary N) is 1. The number of benzene rings is 2. The zero-order chi connectivity index (χ0) is 16.0. The lowest BCUT2D eigenvalue weighted by Crippen LogP contribution is -2.29. The van der Waals surface area contributed by atoms with E-state index in [9.17, 15) is 19.7 Å². The maximum Gasteiger partial charge on any atom is 0.276 e. The van der Waals surface area contributed by atoms with Gasteiger partial charge in [-0.05, 0) is 25.1 Å². The van der Waals surface area contributed by atoms with Crippen LogP contribution in [0.4, 0.5) is 17.1 Å². The van der Waals surface area contributed by atoms with Crippen LogP contribution in [0.5, 0.6) is 0 Å². The number of carbonyl (C=O) groups is 2. The SMILES string of the molecule is Cc1c(N)cc(N2C(=O)c3ccccc3C2=O)cc1[N+](=O)[O-]. The molecule has 7 heteroatoms. The minimum atomic E-state index is -0.590. The van der Waals surface area contributed by atoms with E-state index in [-0.39, 0.29) is 28.2 Å². The maximum absolute atomic E-state index is 12.4. The third kappa shape index (κ3) is 1.83. The Kier molecular flexibility index (Phi) is 2.91. The van der Waals surface area contributed by atoms with Crippen LogP contribution in [0, 0.1) is 17.0 Å². The summed E-state index contributed by atoms with van der Waals surface area (Å²) in [5, 5.41) is 11.1. The molecule has 0 atom stereocenters. The van der Waals surface area contributed by atoms with Crippen LogP contribution in [0.1, 0.15) is 26.3 Å². The number of anilines is 2. The Morgan fingerprint density at radius 2 is 1.64 bits per heavy atom. The van der Waals surface area contributed by atoms with E-state index in [1.165, 1.54) is 19.1 Å². The molecule has 7 nitrogen and oxygen atoms in total. The summed E-state index contributed by atoms with van der Waals surface area (Å²) in [6, 6.07) is 8.97. The zero-order valence-corrected chi connectivity index (χ0v) is 11.6. The molecule has 0 aromatic heterocycles. The third-order valence-corrected chi connectivity index (χ3v) is 3.65. The van der Waals surface area contributed by atoms with Crippen LogP contribution in [-0.2, 0) is 0 Å². The molecule has 2 N–H and O–H groups in total. The van der Waals surface area contributed by atoms with Gasteiger partial charge in [-0.2, -0.15) is 0 Å². The van der Waals surface area contributed by atoms with Gasteiger partial charge >= 0.3 is 0 Å². The minimum Gasteiger partial charge on any atom is -0.398 e. The summed E-state index contributed by atoms with van der Waals surface area (Å²) >= 11 is 0. The molecule has 0 saturated heterocycles. The highest BCUT2D eigenvalue weighted by Crippen LogP contribution is 2.34. The van der Waals surface area contributed by atoms with Crippen molar-refractivity contribution < 1.29 is 14.5 Å². The second kappa shape index (κ2) is 4.66. The number of imide groups is 1. The molecule has 110 valence electrons. The summed E-state index contributed by atoms with van der Waals surface area (Å²) in [7, 11) is 0. The number of hydrogen-bond acceptors (Lipinski definition) is 5. The standard InChI is InChI=1S/C15H11N3O4/c1-8-12(16)6-9(7-13(8)18(21)22)17-14(19)10-4-2-3-5-11(10)15(17)20/h2-7H,16H2,1H3. The molecule has 1 aliphatic rings. The number of nitrogen functional groups attached to an aromatic ring is 1. The summed E-state index contributed by atoms with van der Waals surface area (Å²) in [6.45, 7) is 1.51. The van der Waals surface area contributed by atoms with Crippen molar-refractivity contribution in [1.82, 2.24) is 0 Å². The molecule has 0 spiro atoms. The molecule has 3 rings (SSSR count). The summed E-state index contributed by atoms with van der Waals surface area (Å²) in [5.74, 6) is -1.03. The molecule has 1 aliphatic heterocycles. The predicted molar refractivity (Wildman–Crippen MR) is 79.8 cm³/mol. The molecule has 2 aromatic carbocycles. The third-order valence-electron chi connectivity index (χ3n) is 3.65. The van der Waals surface area contributed by atoms with E-state index in [4.69, 9.17) is 5.73 Å². The van der Waals surface area contributed by atoms with Crippen LogP contribution < -0.4 is 10.6 Å². The molecule has 22 heavy (non-hydrogen) atoms. The number of carbonyl (C=O) groups excluding carboxylic acids is 2. The van der Waals surface area contributed by atoms with E-state index >= 15 is 0 Å². The van der Waals surface area contributed by atoms with Crippen molar-refractivity contribution >= 4 is 28.9 Å². The Balaban J connectivity index is 2.16. The van der Waals surface area contributed by atoms with Crippen LogP contribution in [-0.4, -0.2) is 16.7 Å². The number of amides is 2. The first kappa shape index (κ1) is 13.7. The van der Waals surface area contributed by atoms with Crippen molar-refractivity contribution in [3.05, 3.63) is 63.2 Å². The minimum absolute atomic E-state index is 0.0981. The molecular formula is C15H11N3O4. The molecule has 0 radical (unpaired) electrons. The van der Waals surface area contributed by atoms with Crippen LogP contribution in [0.2, 0.25) is 0 Å². The second-order valence-electron chi connectivity index (χ2n) is 4.93. The summed E-state index contributed by atoms with van der Waals surface area (Å²) < 4.78 is 0. The van der Waals surface area contributed by atoms with Crippen molar-refractivity contribution in [3.63, 3.8) is 0 Å². The van der Waals surface area contributed by atoms with E-state index in [2.05, 4.69) is 0 Å². The van der Waals surface area contributed by atoms with Gasteiger partial charge < -0.3 is 5.73 Å². The lowest BCUT2D eigenvalue weighted by Gasteiger charge is -2.15. The van der Waals surface area contributed by atoms with Crippen molar-refractivity contribution in [2.45, 2.75) is 6.92 Å². The Hall–Kier alpha value is -3.22. The van der Waals surface area contributed by atoms with Crippen molar-refractivity contribution in [2.75, 3.05) is 10.6 Å². The number of nitrogens with zero attached hydrogens (tertiary/aromatic N) is 2. The fourth-order valence-corrected chi connectivity index (χ4v) is 2.45. The van der Waals surface area contributed by atoms with Gasteiger partial charge in [0, 0.05) is 17.3 Å². The van der Waals surface area contributed by atoms with Crippen LogP contribution in [0.15, 0.2) is 36.4 Å². The number of fused-ring (bicyclic) bond motifs is 1.